The van der Waals surface area contributed by atoms with Crippen molar-refractivity contribution in [2.75, 3.05) is 0 Å². The number of Topliss-reactive ketones (excluding diaryl/α,β-unsaturated/α-hetero) is 1. The monoisotopic (exact) mass is 130 g/mol. The van der Waals surface area contributed by atoms with Gasteiger partial charge in [-0.25, -0.2) is 0 Å². The van der Waals surface area contributed by atoms with Gasteiger partial charge in [0.05, 0.1) is 0 Å². The van der Waals surface area contributed by atoms with Gasteiger partial charge in [0, 0.05) is 12.5 Å². The van der Waals surface area contributed by atoms with Crippen molar-refractivity contribution < 1.29 is 13.6 Å². The lowest BCUT2D eigenvalue weighted by Crippen LogP contribution is -2.26. The largest absolute Gasteiger partial charge is 0.331 e. The highest BCUT2D eigenvalue weighted by Gasteiger charge is 2.35. The summed E-state index contributed by atoms with van der Waals surface area (Å²) in [7, 11) is 0. The Bertz CT molecular complexity index is 195. The number of carbonyl (C=O) groups is 1. The summed E-state index contributed by atoms with van der Waals surface area (Å²) in [6.07, 6.45) is 1.57. The van der Waals surface area contributed by atoms with Crippen molar-refractivity contribution in [1.82, 2.24) is 0 Å². The second-order valence-corrected chi connectivity index (χ2v) is 1.77. The minimum Gasteiger partial charge on any atom is -0.292 e. The molecule has 3 heteroatoms. The number of rotatable bonds is 0. The second-order valence-electron chi connectivity index (χ2n) is 1.77. The summed E-state index contributed by atoms with van der Waals surface area (Å²) < 4.78 is 24.2. The van der Waals surface area contributed by atoms with Crippen LogP contribution in [0.1, 0.15) is 6.42 Å². The molecule has 0 radical (unpaired) electrons. The van der Waals surface area contributed by atoms with Crippen LogP contribution >= 0.6 is 0 Å². The fourth-order valence-corrected chi connectivity index (χ4v) is 0.532. The zero-order chi connectivity index (χ0) is 6.91. The molecule has 0 saturated carbocycles. The number of alkyl halides is 2. The summed E-state index contributed by atoms with van der Waals surface area (Å²) in [4.78, 5) is 10.3. The van der Waals surface area contributed by atoms with Gasteiger partial charge >= 0.3 is 5.92 Å². The molecule has 0 aliphatic heterocycles. The molecule has 0 unspecified atom stereocenters. The van der Waals surface area contributed by atoms with E-state index >= 15 is 0 Å². The Balaban J connectivity index is 2.95. The topological polar surface area (TPSA) is 17.1 Å². The van der Waals surface area contributed by atoms with Crippen LogP contribution in [0.2, 0.25) is 0 Å². The molecule has 0 amide bonds. The van der Waals surface area contributed by atoms with Crippen LogP contribution in [0.3, 0.4) is 0 Å². The maximum atomic E-state index is 12.1. The summed E-state index contributed by atoms with van der Waals surface area (Å²) in [6, 6.07) is 0. The molecule has 0 bridgehead atoms. The summed E-state index contributed by atoms with van der Waals surface area (Å²) in [5.41, 5.74) is 2.18. The molecule has 0 aromatic carbocycles. The van der Waals surface area contributed by atoms with E-state index in [9.17, 15) is 13.6 Å². The van der Waals surface area contributed by atoms with Crippen LogP contribution in [-0.4, -0.2) is 11.7 Å². The van der Waals surface area contributed by atoms with Crippen LogP contribution in [0.4, 0.5) is 8.78 Å². The van der Waals surface area contributed by atoms with Gasteiger partial charge in [-0.2, -0.15) is 8.78 Å². The van der Waals surface area contributed by atoms with Crippen molar-refractivity contribution >= 4 is 5.78 Å². The van der Waals surface area contributed by atoms with Crippen LogP contribution in [0, 0.1) is 0 Å². The Morgan fingerprint density at radius 3 is 2.67 bits per heavy atom. The van der Waals surface area contributed by atoms with Crippen molar-refractivity contribution in [2.24, 2.45) is 0 Å². The van der Waals surface area contributed by atoms with Crippen LogP contribution in [0.5, 0.6) is 0 Å². The Morgan fingerprint density at radius 2 is 2.33 bits per heavy atom. The van der Waals surface area contributed by atoms with Crippen LogP contribution in [0.25, 0.3) is 0 Å². The quantitative estimate of drug-likeness (QED) is 0.452. The SMILES string of the molecule is O=C1CC=C=CC1(F)F. The minimum atomic E-state index is -3.27. The van der Waals surface area contributed by atoms with E-state index in [4.69, 9.17) is 0 Å². The molecular weight excluding hydrogens is 126 g/mol. The number of halogens is 2. The van der Waals surface area contributed by atoms with Crippen LogP contribution in [0.15, 0.2) is 17.9 Å². The Labute approximate surface area is 50.7 Å². The predicted molar refractivity (Wildman–Crippen MR) is 27.2 cm³/mol. The summed E-state index contributed by atoms with van der Waals surface area (Å²) in [6.45, 7) is 0. The van der Waals surface area contributed by atoms with Gasteiger partial charge in [0.15, 0.2) is 0 Å². The zero-order valence-corrected chi connectivity index (χ0v) is 4.53. The number of hydrogen-bond acceptors (Lipinski definition) is 1. The van der Waals surface area contributed by atoms with Gasteiger partial charge in [-0.15, -0.1) is 5.73 Å². The first kappa shape index (κ1) is 6.17. The Kier molecular flexibility index (Phi) is 1.22. The normalized spacial score (nSPS) is 22.7. The minimum absolute atomic E-state index is 0.205. The molecule has 0 fully saturated rings. The van der Waals surface area contributed by atoms with Gasteiger partial charge < -0.3 is 0 Å². The van der Waals surface area contributed by atoms with E-state index in [2.05, 4.69) is 5.73 Å². The van der Waals surface area contributed by atoms with Gasteiger partial charge in [0.2, 0.25) is 5.78 Å². The molecule has 1 aliphatic rings. The van der Waals surface area contributed by atoms with Gasteiger partial charge in [-0.3, -0.25) is 4.79 Å². The number of hydrogen-bond donors (Lipinski definition) is 0. The molecule has 0 N–H and O–H groups in total. The van der Waals surface area contributed by atoms with Crippen molar-refractivity contribution in [3.8, 4) is 0 Å². The molecular formula is C6H4F2O. The lowest BCUT2D eigenvalue weighted by Gasteiger charge is -2.08. The van der Waals surface area contributed by atoms with E-state index in [1.807, 2.05) is 0 Å². The fourth-order valence-electron chi connectivity index (χ4n) is 0.532. The van der Waals surface area contributed by atoms with E-state index in [-0.39, 0.29) is 6.42 Å². The lowest BCUT2D eigenvalue weighted by molar-refractivity contribution is -0.136. The third kappa shape index (κ3) is 1.06. The molecule has 48 valence electrons. The van der Waals surface area contributed by atoms with E-state index < -0.39 is 11.7 Å². The van der Waals surface area contributed by atoms with Crippen molar-refractivity contribution in [2.45, 2.75) is 12.3 Å². The second kappa shape index (κ2) is 1.78. The van der Waals surface area contributed by atoms with Crippen LogP contribution in [-0.2, 0) is 4.79 Å². The standard InChI is InChI=1S/C6H4F2O/c7-6(8)4-2-1-3-5(6)9/h1,4H,3H2. The summed E-state index contributed by atoms with van der Waals surface area (Å²) in [5.74, 6) is -4.32. The van der Waals surface area contributed by atoms with E-state index in [1.165, 1.54) is 6.08 Å². The molecule has 1 aliphatic carbocycles. The highest BCUT2D eigenvalue weighted by molar-refractivity contribution is 5.89. The maximum Gasteiger partial charge on any atom is 0.331 e. The van der Waals surface area contributed by atoms with Gasteiger partial charge in [0.1, 0.15) is 0 Å². The Hall–Kier alpha value is -0.950. The molecule has 9 heavy (non-hydrogen) atoms. The van der Waals surface area contributed by atoms with Crippen LogP contribution < -0.4 is 0 Å². The molecule has 0 saturated heterocycles. The average molecular weight is 130 g/mol. The first-order valence-electron chi connectivity index (χ1n) is 2.46. The Morgan fingerprint density at radius 1 is 1.67 bits per heavy atom. The van der Waals surface area contributed by atoms with Crippen molar-refractivity contribution in [1.29, 1.82) is 0 Å². The third-order valence-corrected chi connectivity index (χ3v) is 1.04. The first-order chi connectivity index (χ1) is 4.13. The number of ketones is 1. The average Bonchev–Trinajstić information content (AvgIpc) is 1.77. The highest BCUT2D eigenvalue weighted by Crippen LogP contribution is 2.20. The third-order valence-electron chi connectivity index (χ3n) is 1.04. The highest BCUT2D eigenvalue weighted by atomic mass is 19.3. The fraction of sp³-hybridized carbons (Fsp3) is 0.333. The predicted octanol–water partition coefficient (Wildman–Crippen LogP) is 1.31. The summed E-state index contributed by atoms with van der Waals surface area (Å²) >= 11 is 0. The van der Waals surface area contributed by atoms with Crippen molar-refractivity contribution in [3.05, 3.63) is 17.9 Å². The molecule has 1 nitrogen and oxygen atoms in total. The van der Waals surface area contributed by atoms with Gasteiger partial charge in [-0.05, 0) is 6.08 Å². The van der Waals surface area contributed by atoms with Gasteiger partial charge in [-0.1, -0.05) is 0 Å². The van der Waals surface area contributed by atoms with Gasteiger partial charge in [0.25, 0.3) is 0 Å². The van der Waals surface area contributed by atoms with E-state index in [1.54, 1.807) is 0 Å². The van der Waals surface area contributed by atoms with E-state index in [0.29, 0.717) is 6.08 Å². The lowest BCUT2D eigenvalue weighted by atomic mass is 10.1. The zero-order valence-electron chi connectivity index (χ0n) is 4.53. The molecule has 0 heterocycles. The molecule has 0 aromatic heterocycles. The molecule has 0 atom stereocenters. The van der Waals surface area contributed by atoms with E-state index in [0.717, 1.165) is 0 Å². The number of carbonyl (C=O) groups excluding carboxylic acids is 1. The first-order valence-corrected chi connectivity index (χ1v) is 2.46. The molecule has 1 rings (SSSR count). The van der Waals surface area contributed by atoms with Crippen molar-refractivity contribution in [3.63, 3.8) is 0 Å². The molecule has 0 aromatic rings. The number of allylic oxidation sites excluding steroid dienone is 1. The molecule has 0 spiro atoms. The maximum absolute atomic E-state index is 12.1. The smallest absolute Gasteiger partial charge is 0.292 e. The summed E-state index contributed by atoms with van der Waals surface area (Å²) in [5, 5.41) is 0.